The first kappa shape index (κ1) is 25.6. The predicted molar refractivity (Wildman–Crippen MR) is 144 cm³/mol. The van der Waals surface area contributed by atoms with Crippen LogP contribution in [0.15, 0.2) is 42.5 Å². The van der Waals surface area contributed by atoms with Gasteiger partial charge in [-0.1, -0.05) is 62.9 Å². The molecule has 198 valence electrons. The Kier molecular flexibility index (Phi) is 8.02. The number of ether oxygens (including phenoxy) is 2. The fourth-order valence-corrected chi connectivity index (χ4v) is 6.46. The molecule has 1 saturated heterocycles. The molecule has 3 aliphatic rings. The third-order valence-corrected chi connectivity index (χ3v) is 8.29. The van der Waals surface area contributed by atoms with Gasteiger partial charge in [-0.05, 0) is 67.3 Å². The molecule has 2 aromatic carbocycles. The Balaban J connectivity index is 1.56. The third-order valence-electron chi connectivity index (χ3n) is 8.29. The van der Waals surface area contributed by atoms with E-state index < -0.39 is 6.04 Å². The van der Waals surface area contributed by atoms with Crippen molar-refractivity contribution in [2.24, 2.45) is 0 Å². The Labute approximate surface area is 220 Å². The van der Waals surface area contributed by atoms with Crippen LogP contribution in [0.3, 0.4) is 0 Å². The summed E-state index contributed by atoms with van der Waals surface area (Å²) in [6.07, 6.45) is 10.4. The Bertz CT molecular complexity index is 1110. The molecule has 1 aliphatic heterocycles. The SMILES string of the molecule is CCCOc1ccc(C2C(=O)N(C3CCCCCC3)CC(=O)N2C2CCCc3ccccc32)cc1OC. The molecule has 5 rings (SSSR count). The van der Waals surface area contributed by atoms with Crippen molar-refractivity contribution in [2.75, 3.05) is 20.3 Å². The molecule has 37 heavy (non-hydrogen) atoms. The van der Waals surface area contributed by atoms with Gasteiger partial charge in [-0.3, -0.25) is 9.59 Å². The van der Waals surface area contributed by atoms with Gasteiger partial charge in [0.05, 0.1) is 19.8 Å². The largest absolute Gasteiger partial charge is 0.493 e. The summed E-state index contributed by atoms with van der Waals surface area (Å²) in [7, 11) is 1.62. The summed E-state index contributed by atoms with van der Waals surface area (Å²) in [5.74, 6) is 1.35. The number of aryl methyl sites for hydroxylation is 1. The lowest BCUT2D eigenvalue weighted by Gasteiger charge is -2.47. The van der Waals surface area contributed by atoms with E-state index in [-0.39, 0.29) is 30.4 Å². The maximum atomic E-state index is 14.4. The minimum atomic E-state index is -0.671. The van der Waals surface area contributed by atoms with Gasteiger partial charge in [-0.15, -0.1) is 0 Å². The maximum Gasteiger partial charge on any atom is 0.250 e. The lowest BCUT2D eigenvalue weighted by Crippen LogP contribution is -2.59. The van der Waals surface area contributed by atoms with Crippen molar-refractivity contribution in [1.29, 1.82) is 0 Å². The monoisotopic (exact) mass is 504 g/mol. The van der Waals surface area contributed by atoms with E-state index in [9.17, 15) is 9.59 Å². The van der Waals surface area contributed by atoms with E-state index in [4.69, 9.17) is 9.47 Å². The van der Waals surface area contributed by atoms with Gasteiger partial charge in [0.15, 0.2) is 11.5 Å². The molecule has 2 atom stereocenters. The van der Waals surface area contributed by atoms with E-state index in [1.54, 1.807) is 7.11 Å². The fraction of sp³-hybridized carbons (Fsp3) is 0.548. The molecule has 0 radical (unpaired) electrons. The predicted octanol–water partition coefficient (Wildman–Crippen LogP) is 6.00. The number of carbonyl (C=O) groups is 2. The van der Waals surface area contributed by atoms with Crippen LogP contribution in [-0.4, -0.2) is 47.9 Å². The number of fused-ring (bicyclic) bond motifs is 1. The summed E-state index contributed by atoms with van der Waals surface area (Å²) in [6.45, 7) is 2.83. The highest BCUT2D eigenvalue weighted by Gasteiger charge is 2.46. The lowest BCUT2D eigenvalue weighted by molar-refractivity contribution is -0.162. The Morgan fingerprint density at radius 1 is 0.919 bits per heavy atom. The van der Waals surface area contributed by atoms with Gasteiger partial charge in [0, 0.05) is 6.04 Å². The number of benzene rings is 2. The summed E-state index contributed by atoms with van der Waals surface area (Å²) in [6, 6.07) is 13.5. The molecule has 0 N–H and O–H groups in total. The summed E-state index contributed by atoms with van der Waals surface area (Å²) in [5, 5.41) is 0. The fourth-order valence-electron chi connectivity index (χ4n) is 6.46. The first-order chi connectivity index (χ1) is 18.1. The molecule has 1 heterocycles. The number of piperazine rings is 1. The highest BCUT2D eigenvalue weighted by molar-refractivity contribution is 5.96. The molecule has 2 aromatic rings. The zero-order chi connectivity index (χ0) is 25.8. The molecule has 6 nitrogen and oxygen atoms in total. The summed E-state index contributed by atoms with van der Waals surface area (Å²) in [4.78, 5) is 32.2. The minimum absolute atomic E-state index is 0.0406. The van der Waals surface area contributed by atoms with Crippen molar-refractivity contribution in [3.05, 3.63) is 59.2 Å². The molecule has 0 bridgehead atoms. The van der Waals surface area contributed by atoms with Crippen molar-refractivity contribution in [1.82, 2.24) is 9.80 Å². The lowest BCUT2D eigenvalue weighted by atomic mass is 9.84. The molecule has 2 amide bonds. The van der Waals surface area contributed by atoms with E-state index in [1.807, 2.05) is 34.1 Å². The standard InChI is InChI=1S/C31H40N2O4/c1-3-19-37-27-18-17-23(20-28(27)36-2)30-31(35)32(24-13-6-4-5-7-14-24)21-29(34)33(30)26-16-10-12-22-11-8-9-15-25(22)26/h8-9,11,15,17-18,20,24,26,30H,3-7,10,12-14,16,19,21H2,1-2H3. The van der Waals surface area contributed by atoms with Gasteiger partial charge in [-0.25, -0.2) is 0 Å². The number of methoxy groups -OCH3 is 1. The zero-order valence-electron chi connectivity index (χ0n) is 22.3. The van der Waals surface area contributed by atoms with Crippen molar-refractivity contribution < 1.29 is 19.1 Å². The van der Waals surface area contributed by atoms with Gasteiger partial charge < -0.3 is 19.3 Å². The van der Waals surface area contributed by atoms with Crippen molar-refractivity contribution in [3.8, 4) is 11.5 Å². The topological polar surface area (TPSA) is 59.1 Å². The average molecular weight is 505 g/mol. The van der Waals surface area contributed by atoms with E-state index in [2.05, 4.69) is 25.1 Å². The van der Waals surface area contributed by atoms with Crippen LogP contribution in [-0.2, 0) is 16.0 Å². The van der Waals surface area contributed by atoms with Crippen LogP contribution in [0.5, 0.6) is 11.5 Å². The van der Waals surface area contributed by atoms with Crippen LogP contribution in [0, 0.1) is 0 Å². The number of rotatable bonds is 7. The van der Waals surface area contributed by atoms with Crippen LogP contribution < -0.4 is 9.47 Å². The number of carbonyl (C=O) groups excluding carboxylic acids is 2. The summed E-state index contributed by atoms with van der Waals surface area (Å²) >= 11 is 0. The quantitative estimate of drug-likeness (QED) is 0.434. The van der Waals surface area contributed by atoms with E-state index >= 15 is 0 Å². The Morgan fingerprint density at radius 3 is 2.46 bits per heavy atom. The van der Waals surface area contributed by atoms with Crippen LogP contribution >= 0.6 is 0 Å². The smallest absolute Gasteiger partial charge is 0.250 e. The molecule has 2 unspecified atom stereocenters. The van der Waals surface area contributed by atoms with Crippen molar-refractivity contribution in [2.45, 2.75) is 89.3 Å². The maximum absolute atomic E-state index is 14.4. The second-order valence-electron chi connectivity index (χ2n) is 10.7. The molecule has 1 saturated carbocycles. The van der Waals surface area contributed by atoms with Crippen LogP contribution in [0.25, 0.3) is 0 Å². The van der Waals surface area contributed by atoms with Gasteiger partial charge in [0.1, 0.15) is 12.6 Å². The number of amides is 2. The first-order valence-electron chi connectivity index (χ1n) is 14.1. The van der Waals surface area contributed by atoms with Crippen LogP contribution in [0.1, 0.15) is 93.5 Å². The van der Waals surface area contributed by atoms with Gasteiger partial charge in [0.25, 0.3) is 5.91 Å². The Morgan fingerprint density at radius 2 is 1.70 bits per heavy atom. The van der Waals surface area contributed by atoms with Crippen LogP contribution in [0.4, 0.5) is 0 Å². The van der Waals surface area contributed by atoms with E-state index in [0.717, 1.165) is 56.9 Å². The van der Waals surface area contributed by atoms with Gasteiger partial charge in [0.2, 0.25) is 5.91 Å². The summed E-state index contributed by atoms with van der Waals surface area (Å²) < 4.78 is 11.6. The first-order valence-corrected chi connectivity index (χ1v) is 14.1. The second-order valence-corrected chi connectivity index (χ2v) is 10.7. The highest BCUT2D eigenvalue weighted by atomic mass is 16.5. The molecule has 0 aromatic heterocycles. The molecule has 0 spiro atoms. The van der Waals surface area contributed by atoms with Gasteiger partial charge in [-0.2, -0.15) is 0 Å². The minimum Gasteiger partial charge on any atom is -0.493 e. The van der Waals surface area contributed by atoms with Crippen molar-refractivity contribution in [3.63, 3.8) is 0 Å². The number of hydrogen-bond acceptors (Lipinski definition) is 4. The molecule has 2 fully saturated rings. The third kappa shape index (κ3) is 5.21. The molecule has 6 heteroatoms. The molecular formula is C31H40N2O4. The zero-order valence-corrected chi connectivity index (χ0v) is 22.3. The van der Waals surface area contributed by atoms with Crippen molar-refractivity contribution >= 4 is 11.8 Å². The highest BCUT2D eigenvalue weighted by Crippen LogP contribution is 2.43. The number of nitrogens with zero attached hydrogens (tertiary/aromatic N) is 2. The van der Waals surface area contributed by atoms with E-state index in [0.29, 0.717) is 18.1 Å². The number of hydrogen-bond donors (Lipinski definition) is 0. The van der Waals surface area contributed by atoms with E-state index in [1.165, 1.54) is 24.0 Å². The Hall–Kier alpha value is -3.02. The van der Waals surface area contributed by atoms with Crippen LogP contribution in [0.2, 0.25) is 0 Å². The van der Waals surface area contributed by atoms with Gasteiger partial charge >= 0.3 is 0 Å². The normalized spacial score (nSPS) is 23.0. The molecule has 2 aliphatic carbocycles. The molecular weight excluding hydrogens is 464 g/mol. The average Bonchev–Trinajstić information content (AvgIpc) is 3.22. The second kappa shape index (κ2) is 11.6. The summed E-state index contributed by atoms with van der Waals surface area (Å²) in [5.41, 5.74) is 3.25.